The van der Waals surface area contributed by atoms with E-state index in [0.29, 0.717) is 13.1 Å². The number of amides is 1. The molecule has 1 amide bonds. The van der Waals surface area contributed by atoms with Crippen LogP contribution in [0.25, 0.3) is 0 Å². The minimum atomic E-state index is -0.769. The van der Waals surface area contributed by atoms with Gasteiger partial charge in [0.25, 0.3) is 0 Å². The number of nitrogens with zero attached hydrogens (tertiary/aromatic N) is 1. The number of likely N-dealkylation sites (tertiary alicyclic amines) is 1. The van der Waals surface area contributed by atoms with Crippen LogP contribution in [0.15, 0.2) is 0 Å². The molecule has 1 aliphatic heterocycles. The summed E-state index contributed by atoms with van der Waals surface area (Å²) in [6.07, 6.45) is 1.81. The molecule has 0 aliphatic carbocycles. The summed E-state index contributed by atoms with van der Waals surface area (Å²) < 4.78 is 0. The fraction of sp³-hybridized carbons (Fsp3) is 0.833. The molecule has 1 rings (SSSR count). The van der Waals surface area contributed by atoms with Crippen LogP contribution in [-0.2, 0) is 9.59 Å². The average Bonchev–Trinajstić information content (AvgIpc) is 2.64. The number of hydrogen-bond acceptors (Lipinski definition) is 2. The fourth-order valence-corrected chi connectivity index (χ4v) is 2.01. The Balaban J connectivity index is 2.53. The van der Waals surface area contributed by atoms with E-state index >= 15 is 0 Å². The molecule has 1 atom stereocenters. The zero-order valence-corrected chi connectivity index (χ0v) is 10.3. The van der Waals surface area contributed by atoms with E-state index in [1.54, 1.807) is 0 Å². The van der Waals surface area contributed by atoms with Crippen LogP contribution in [0, 0.1) is 11.3 Å². The van der Waals surface area contributed by atoms with Crippen molar-refractivity contribution >= 4 is 11.9 Å². The highest BCUT2D eigenvalue weighted by atomic mass is 16.4. The monoisotopic (exact) mass is 227 g/mol. The summed E-state index contributed by atoms with van der Waals surface area (Å²) in [7, 11) is 0. The summed E-state index contributed by atoms with van der Waals surface area (Å²) in [5, 5.41) is 8.70. The lowest BCUT2D eigenvalue weighted by molar-refractivity contribution is -0.141. The predicted octanol–water partition coefficient (Wildman–Crippen LogP) is 1.75. The van der Waals surface area contributed by atoms with Gasteiger partial charge in [0.05, 0.1) is 0 Å². The third-order valence-corrected chi connectivity index (χ3v) is 3.50. The molecule has 0 aromatic carbocycles. The van der Waals surface area contributed by atoms with Crippen LogP contribution in [0.2, 0.25) is 0 Å². The van der Waals surface area contributed by atoms with E-state index in [1.807, 2.05) is 25.7 Å². The Morgan fingerprint density at radius 3 is 2.56 bits per heavy atom. The van der Waals surface area contributed by atoms with Crippen LogP contribution >= 0.6 is 0 Å². The molecule has 4 nitrogen and oxygen atoms in total. The summed E-state index contributed by atoms with van der Waals surface area (Å²) >= 11 is 0. The van der Waals surface area contributed by atoms with Gasteiger partial charge in [-0.05, 0) is 18.8 Å². The minimum absolute atomic E-state index is 0.133. The maximum atomic E-state index is 12.1. The second-order valence-electron chi connectivity index (χ2n) is 5.24. The van der Waals surface area contributed by atoms with Gasteiger partial charge < -0.3 is 10.0 Å². The van der Waals surface area contributed by atoms with Gasteiger partial charge in [-0.3, -0.25) is 9.59 Å². The van der Waals surface area contributed by atoms with Crippen molar-refractivity contribution in [3.05, 3.63) is 0 Å². The molecule has 0 saturated carbocycles. The molecule has 1 unspecified atom stereocenters. The zero-order chi connectivity index (χ0) is 12.3. The highest BCUT2D eigenvalue weighted by molar-refractivity contribution is 5.82. The van der Waals surface area contributed by atoms with Gasteiger partial charge in [0.1, 0.15) is 0 Å². The van der Waals surface area contributed by atoms with Crippen molar-refractivity contribution < 1.29 is 14.7 Å². The molecular formula is C12H21NO3. The molecule has 0 bridgehead atoms. The third-order valence-electron chi connectivity index (χ3n) is 3.50. The smallest absolute Gasteiger partial charge is 0.303 e. The number of carbonyl (C=O) groups is 2. The largest absolute Gasteiger partial charge is 0.481 e. The molecule has 4 heteroatoms. The lowest BCUT2D eigenvalue weighted by atomic mass is 9.88. The van der Waals surface area contributed by atoms with E-state index in [1.165, 1.54) is 0 Å². The van der Waals surface area contributed by atoms with Crippen LogP contribution in [0.1, 0.15) is 40.0 Å². The van der Waals surface area contributed by atoms with E-state index in [9.17, 15) is 9.59 Å². The molecule has 92 valence electrons. The topological polar surface area (TPSA) is 57.6 Å². The minimum Gasteiger partial charge on any atom is -0.481 e. The lowest BCUT2D eigenvalue weighted by Gasteiger charge is -2.28. The van der Waals surface area contributed by atoms with E-state index in [-0.39, 0.29) is 23.7 Å². The van der Waals surface area contributed by atoms with Gasteiger partial charge in [-0.1, -0.05) is 20.8 Å². The molecule has 1 fully saturated rings. The van der Waals surface area contributed by atoms with Gasteiger partial charge in [-0.25, -0.2) is 0 Å². The maximum Gasteiger partial charge on any atom is 0.303 e. The average molecular weight is 227 g/mol. The molecule has 0 aromatic rings. The number of aliphatic carboxylic acids is 1. The van der Waals surface area contributed by atoms with E-state index in [0.717, 1.165) is 12.8 Å². The van der Waals surface area contributed by atoms with Gasteiger partial charge >= 0.3 is 5.97 Å². The number of rotatable bonds is 4. The van der Waals surface area contributed by atoms with Gasteiger partial charge in [-0.15, -0.1) is 0 Å². The standard InChI is InChI=1S/C12H21NO3/c1-4-12(2,3)11(16)13-6-5-9(8-13)7-10(14)15/h9H,4-8H2,1-3H3,(H,14,15). The zero-order valence-electron chi connectivity index (χ0n) is 10.3. The Labute approximate surface area is 96.6 Å². The molecule has 1 saturated heterocycles. The number of carbonyl (C=O) groups excluding carboxylic acids is 1. The van der Waals surface area contributed by atoms with E-state index < -0.39 is 5.97 Å². The Hall–Kier alpha value is -1.06. The molecule has 1 aliphatic rings. The third kappa shape index (κ3) is 2.97. The van der Waals surface area contributed by atoms with Crippen LogP contribution in [0.5, 0.6) is 0 Å². The van der Waals surface area contributed by atoms with Gasteiger partial charge in [0.15, 0.2) is 0 Å². The Kier molecular flexibility index (Phi) is 3.94. The highest BCUT2D eigenvalue weighted by Crippen LogP contribution is 2.28. The Morgan fingerprint density at radius 2 is 2.06 bits per heavy atom. The van der Waals surface area contributed by atoms with Crippen molar-refractivity contribution in [2.24, 2.45) is 11.3 Å². The van der Waals surface area contributed by atoms with Crippen molar-refractivity contribution in [2.75, 3.05) is 13.1 Å². The number of hydrogen-bond donors (Lipinski definition) is 1. The number of carboxylic acids is 1. The summed E-state index contributed by atoms with van der Waals surface area (Å²) in [6.45, 7) is 7.21. The van der Waals surface area contributed by atoms with Crippen molar-refractivity contribution in [2.45, 2.75) is 40.0 Å². The van der Waals surface area contributed by atoms with Gasteiger partial charge in [-0.2, -0.15) is 0 Å². The lowest BCUT2D eigenvalue weighted by Crippen LogP contribution is -2.39. The van der Waals surface area contributed by atoms with Crippen molar-refractivity contribution in [1.29, 1.82) is 0 Å². The van der Waals surface area contributed by atoms with Crippen LogP contribution in [0.4, 0.5) is 0 Å². The SMILES string of the molecule is CCC(C)(C)C(=O)N1CCC(CC(=O)O)C1. The van der Waals surface area contributed by atoms with Crippen molar-refractivity contribution in [3.8, 4) is 0 Å². The molecule has 1 N–H and O–H groups in total. The second-order valence-corrected chi connectivity index (χ2v) is 5.24. The normalized spacial score (nSPS) is 21.2. The summed E-state index contributed by atoms with van der Waals surface area (Å²) in [6, 6.07) is 0. The van der Waals surface area contributed by atoms with Crippen LogP contribution < -0.4 is 0 Å². The first-order valence-corrected chi connectivity index (χ1v) is 5.88. The first kappa shape index (κ1) is 13.0. The summed E-state index contributed by atoms with van der Waals surface area (Å²) in [5.74, 6) is -0.481. The van der Waals surface area contributed by atoms with Crippen LogP contribution in [-0.4, -0.2) is 35.0 Å². The van der Waals surface area contributed by atoms with Crippen molar-refractivity contribution in [3.63, 3.8) is 0 Å². The predicted molar refractivity (Wildman–Crippen MR) is 61.0 cm³/mol. The van der Waals surface area contributed by atoms with E-state index in [4.69, 9.17) is 5.11 Å². The molecule has 0 spiro atoms. The van der Waals surface area contributed by atoms with Gasteiger partial charge in [0, 0.05) is 24.9 Å². The summed E-state index contributed by atoms with van der Waals surface area (Å²) in [5.41, 5.74) is -0.321. The summed E-state index contributed by atoms with van der Waals surface area (Å²) in [4.78, 5) is 24.5. The van der Waals surface area contributed by atoms with Crippen LogP contribution in [0.3, 0.4) is 0 Å². The molecule has 0 aromatic heterocycles. The molecular weight excluding hydrogens is 206 g/mol. The number of carboxylic acid groups (broad SMARTS) is 1. The Bertz CT molecular complexity index is 286. The fourth-order valence-electron chi connectivity index (χ4n) is 2.01. The van der Waals surface area contributed by atoms with Crippen molar-refractivity contribution in [1.82, 2.24) is 4.90 Å². The second kappa shape index (κ2) is 4.85. The highest BCUT2D eigenvalue weighted by Gasteiger charge is 2.35. The molecule has 0 radical (unpaired) electrons. The first-order chi connectivity index (χ1) is 7.36. The Morgan fingerprint density at radius 1 is 1.44 bits per heavy atom. The molecule has 16 heavy (non-hydrogen) atoms. The van der Waals surface area contributed by atoms with Gasteiger partial charge in [0.2, 0.25) is 5.91 Å². The quantitative estimate of drug-likeness (QED) is 0.796. The molecule has 1 heterocycles. The first-order valence-electron chi connectivity index (χ1n) is 5.88. The van der Waals surface area contributed by atoms with E-state index in [2.05, 4.69) is 0 Å². The maximum absolute atomic E-state index is 12.1.